The molecule has 0 bridgehead atoms. The molecule has 5 nitrogen and oxygen atoms in total. The fraction of sp³-hybridized carbons (Fsp3) is 0.524. The normalized spacial score (nSPS) is 23.4. The lowest BCUT2D eigenvalue weighted by atomic mass is 10.0. The molecule has 2 aromatic rings. The number of benzene rings is 1. The Hall–Kier alpha value is -1.47. The van der Waals surface area contributed by atoms with Gasteiger partial charge in [0, 0.05) is 36.0 Å². The van der Waals surface area contributed by atoms with Crippen molar-refractivity contribution in [1.29, 1.82) is 0 Å². The Morgan fingerprint density at radius 3 is 2.79 bits per heavy atom. The van der Waals surface area contributed by atoms with Crippen LogP contribution in [-0.4, -0.2) is 52.9 Å². The van der Waals surface area contributed by atoms with E-state index in [0.717, 1.165) is 24.5 Å². The molecule has 4 rings (SSSR count). The van der Waals surface area contributed by atoms with Crippen LogP contribution in [0.4, 0.5) is 10.8 Å². The molecular formula is C21H27ClN4OS. The maximum atomic E-state index is 12.3. The number of anilines is 2. The number of likely N-dealkylation sites (tertiary alicyclic amines) is 2. The molecule has 0 unspecified atom stereocenters. The molecule has 3 heterocycles. The second-order valence-corrected chi connectivity index (χ2v) is 9.10. The average molecular weight is 419 g/mol. The van der Waals surface area contributed by atoms with Crippen molar-refractivity contribution < 1.29 is 4.79 Å². The van der Waals surface area contributed by atoms with Crippen LogP contribution in [0.25, 0.3) is 0 Å². The van der Waals surface area contributed by atoms with Crippen molar-refractivity contribution >= 4 is 39.7 Å². The van der Waals surface area contributed by atoms with Crippen molar-refractivity contribution in [3.8, 4) is 0 Å². The second-order valence-electron chi connectivity index (χ2n) is 7.83. The summed E-state index contributed by atoms with van der Waals surface area (Å²) in [5.74, 6) is -0.0604. The van der Waals surface area contributed by atoms with Gasteiger partial charge in [-0.15, -0.1) is 11.3 Å². The average Bonchev–Trinajstić information content (AvgIpc) is 3.37. The summed E-state index contributed by atoms with van der Waals surface area (Å²) in [6.45, 7) is 4.76. The van der Waals surface area contributed by atoms with E-state index in [1.165, 1.54) is 43.6 Å². The lowest BCUT2D eigenvalue weighted by Crippen LogP contribution is -2.44. The van der Waals surface area contributed by atoms with Gasteiger partial charge in [-0.25, -0.2) is 4.98 Å². The van der Waals surface area contributed by atoms with Crippen molar-refractivity contribution in [3.63, 3.8) is 0 Å². The van der Waals surface area contributed by atoms with Gasteiger partial charge in [0.05, 0.1) is 11.4 Å². The molecule has 2 aliphatic heterocycles. The van der Waals surface area contributed by atoms with Crippen LogP contribution >= 0.6 is 22.9 Å². The van der Waals surface area contributed by atoms with Crippen LogP contribution in [0.1, 0.15) is 38.3 Å². The van der Waals surface area contributed by atoms with Gasteiger partial charge in [0.25, 0.3) is 0 Å². The topological polar surface area (TPSA) is 39.7 Å². The summed E-state index contributed by atoms with van der Waals surface area (Å²) in [6.07, 6.45) is 5.13. The van der Waals surface area contributed by atoms with Crippen LogP contribution in [0, 0.1) is 0 Å². The van der Waals surface area contributed by atoms with Crippen molar-refractivity contribution in [2.24, 2.45) is 0 Å². The molecule has 28 heavy (non-hydrogen) atoms. The predicted octanol–water partition coefficient (Wildman–Crippen LogP) is 4.54. The molecule has 0 saturated carbocycles. The summed E-state index contributed by atoms with van der Waals surface area (Å²) < 4.78 is 0. The third kappa shape index (κ3) is 4.10. The number of nitrogens with zero attached hydrogens (tertiary/aromatic N) is 4. The molecule has 150 valence electrons. The molecule has 2 aliphatic rings. The summed E-state index contributed by atoms with van der Waals surface area (Å²) in [5.41, 5.74) is 1.80. The highest BCUT2D eigenvalue weighted by Crippen LogP contribution is 2.33. The van der Waals surface area contributed by atoms with E-state index in [1.54, 1.807) is 17.9 Å². The van der Waals surface area contributed by atoms with E-state index in [4.69, 9.17) is 16.6 Å². The summed E-state index contributed by atoms with van der Waals surface area (Å²) >= 11 is 7.64. The lowest BCUT2D eigenvalue weighted by molar-refractivity contribution is -0.115. The molecule has 2 saturated heterocycles. The molecule has 2 fully saturated rings. The number of rotatable bonds is 5. The SMILES string of the molecule is CC(=O)N(c1cccc(Cl)c1)c1nc(CN2CCC[C@H]2[C@H]2CCCN2C)cs1. The van der Waals surface area contributed by atoms with Gasteiger partial charge in [0.1, 0.15) is 0 Å². The maximum Gasteiger partial charge on any atom is 0.230 e. The second kappa shape index (κ2) is 8.49. The van der Waals surface area contributed by atoms with Gasteiger partial charge in [-0.05, 0) is 64.0 Å². The monoisotopic (exact) mass is 418 g/mol. The molecule has 7 heteroatoms. The van der Waals surface area contributed by atoms with Gasteiger partial charge in [-0.3, -0.25) is 14.6 Å². The number of hydrogen-bond acceptors (Lipinski definition) is 5. The molecule has 0 aliphatic carbocycles. The summed E-state index contributed by atoms with van der Waals surface area (Å²) in [4.78, 5) is 23.9. The molecule has 1 amide bonds. The van der Waals surface area contributed by atoms with Gasteiger partial charge in [-0.1, -0.05) is 17.7 Å². The van der Waals surface area contributed by atoms with Crippen molar-refractivity contribution in [2.45, 2.75) is 51.2 Å². The minimum absolute atomic E-state index is 0.0604. The Kier molecular flexibility index (Phi) is 6.01. The van der Waals surface area contributed by atoms with E-state index >= 15 is 0 Å². The van der Waals surface area contributed by atoms with Crippen molar-refractivity contribution in [2.75, 3.05) is 25.0 Å². The van der Waals surface area contributed by atoms with E-state index in [2.05, 4.69) is 22.2 Å². The zero-order valence-electron chi connectivity index (χ0n) is 16.5. The maximum absolute atomic E-state index is 12.3. The fourth-order valence-corrected chi connectivity index (χ4v) is 5.69. The van der Waals surface area contributed by atoms with E-state index in [9.17, 15) is 4.79 Å². The van der Waals surface area contributed by atoms with Gasteiger partial charge in [0.2, 0.25) is 5.91 Å². The van der Waals surface area contributed by atoms with Crippen molar-refractivity contribution in [1.82, 2.24) is 14.8 Å². The molecular weight excluding hydrogens is 392 g/mol. The number of amides is 1. The molecule has 2 atom stereocenters. The molecule has 1 aromatic heterocycles. The Morgan fingerprint density at radius 1 is 1.29 bits per heavy atom. The van der Waals surface area contributed by atoms with Gasteiger partial charge >= 0.3 is 0 Å². The van der Waals surface area contributed by atoms with Crippen LogP contribution in [0.5, 0.6) is 0 Å². The highest BCUT2D eigenvalue weighted by atomic mass is 35.5. The first-order chi connectivity index (χ1) is 13.5. The third-order valence-corrected chi connectivity index (χ3v) is 7.02. The van der Waals surface area contributed by atoms with E-state index in [1.807, 2.05) is 18.2 Å². The third-order valence-electron chi connectivity index (χ3n) is 5.91. The number of aromatic nitrogens is 1. The Balaban J connectivity index is 1.51. The standard InChI is InChI=1S/C21H27ClN4OS/c1-15(27)26(18-7-3-6-16(22)12-18)21-23-17(14-28-21)13-25-11-5-9-20(25)19-8-4-10-24(19)2/h3,6-7,12,14,19-20H,4-5,8-11,13H2,1-2H3/t19-,20+/m1/s1. The molecule has 0 spiro atoms. The smallest absolute Gasteiger partial charge is 0.230 e. The van der Waals surface area contributed by atoms with Gasteiger partial charge in [-0.2, -0.15) is 0 Å². The summed E-state index contributed by atoms with van der Waals surface area (Å²) in [5, 5.41) is 3.41. The van der Waals surface area contributed by atoms with E-state index in [-0.39, 0.29) is 5.91 Å². The summed E-state index contributed by atoms with van der Waals surface area (Å²) in [6, 6.07) is 8.64. The minimum Gasteiger partial charge on any atom is -0.302 e. The lowest BCUT2D eigenvalue weighted by Gasteiger charge is -2.32. The zero-order valence-corrected chi connectivity index (χ0v) is 18.0. The van der Waals surface area contributed by atoms with E-state index < -0.39 is 0 Å². The first kappa shape index (κ1) is 19.8. The number of halogens is 1. The summed E-state index contributed by atoms with van der Waals surface area (Å²) in [7, 11) is 2.25. The van der Waals surface area contributed by atoms with E-state index in [0.29, 0.717) is 22.2 Å². The van der Waals surface area contributed by atoms with Crippen LogP contribution in [0.3, 0.4) is 0 Å². The number of hydrogen-bond donors (Lipinski definition) is 0. The minimum atomic E-state index is -0.0604. The molecule has 0 N–H and O–H groups in total. The largest absolute Gasteiger partial charge is 0.302 e. The number of thiazole rings is 1. The number of carbonyl (C=O) groups excluding carboxylic acids is 1. The Morgan fingerprint density at radius 2 is 2.07 bits per heavy atom. The predicted molar refractivity (Wildman–Crippen MR) is 115 cm³/mol. The quantitative estimate of drug-likeness (QED) is 0.714. The van der Waals surface area contributed by atoms with Crippen LogP contribution < -0.4 is 4.90 Å². The highest BCUT2D eigenvalue weighted by molar-refractivity contribution is 7.14. The first-order valence-electron chi connectivity index (χ1n) is 9.98. The van der Waals surface area contributed by atoms with Gasteiger partial charge < -0.3 is 4.90 Å². The van der Waals surface area contributed by atoms with Crippen LogP contribution in [0.2, 0.25) is 5.02 Å². The highest BCUT2D eigenvalue weighted by Gasteiger charge is 2.36. The Labute approximate surface area is 175 Å². The fourth-order valence-electron chi connectivity index (χ4n) is 4.63. The first-order valence-corrected chi connectivity index (χ1v) is 11.2. The molecule has 1 aromatic carbocycles. The number of likely N-dealkylation sites (N-methyl/N-ethyl adjacent to an activating group) is 1. The zero-order chi connectivity index (χ0) is 19.7. The van der Waals surface area contributed by atoms with Crippen molar-refractivity contribution in [3.05, 3.63) is 40.4 Å². The molecule has 0 radical (unpaired) electrons. The number of carbonyl (C=O) groups is 1. The van der Waals surface area contributed by atoms with Gasteiger partial charge in [0.15, 0.2) is 5.13 Å². The van der Waals surface area contributed by atoms with Crippen LogP contribution in [0.15, 0.2) is 29.6 Å². The Bertz CT molecular complexity index is 841. The van der Waals surface area contributed by atoms with Crippen LogP contribution in [-0.2, 0) is 11.3 Å².